The van der Waals surface area contributed by atoms with Gasteiger partial charge in [0, 0.05) is 9.64 Å². The van der Waals surface area contributed by atoms with Crippen molar-refractivity contribution in [1.82, 2.24) is 0 Å². The highest BCUT2D eigenvalue weighted by Gasteiger charge is 2.53. The second-order valence-corrected chi connectivity index (χ2v) is 9.88. The Kier molecular flexibility index (Phi) is 3.74. The molecule has 0 aromatic heterocycles. The van der Waals surface area contributed by atoms with Crippen molar-refractivity contribution in [3.05, 3.63) is 66.2 Å². The molecule has 2 aromatic carbocycles. The lowest BCUT2D eigenvalue weighted by atomic mass is 9.66. The first-order valence-electron chi connectivity index (χ1n) is 9.60. The summed E-state index contributed by atoms with van der Waals surface area (Å²) in [6.45, 7) is 0. The molecule has 4 saturated carbocycles. The molecule has 2 aromatic rings. The van der Waals surface area contributed by atoms with Crippen LogP contribution in [0.2, 0.25) is 0 Å². The van der Waals surface area contributed by atoms with E-state index in [0.29, 0.717) is 4.75 Å². The van der Waals surface area contributed by atoms with Gasteiger partial charge >= 0.3 is 0 Å². The third-order valence-corrected chi connectivity index (χ3v) is 8.27. The van der Waals surface area contributed by atoms with E-state index in [4.69, 9.17) is 0 Å². The van der Waals surface area contributed by atoms with Gasteiger partial charge in [-0.05, 0) is 79.9 Å². The molecule has 0 radical (unpaired) electrons. The van der Waals surface area contributed by atoms with Gasteiger partial charge in [0.1, 0.15) is 0 Å². The van der Waals surface area contributed by atoms with E-state index in [9.17, 15) is 0 Å². The van der Waals surface area contributed by atoms with Crippen molar-refractivity contribution in [2.75, 3.05) is 0 Å². The highest BCUT2D eigenvalue weighted by atomic mass is 32.2. The molecule has 4 bridgehead atoms. The molecule has 124 valence electrons. The smallest absolute Gasteiger partial charge is 0.0281 e. The van der Waals surface area contributed by atoms with Crippen LogP contribution in [0, 0.1) is 17.8 Å². The van der Waals surface area contributed by atoms with Crippen molar-refractivity contribution in [3.8, 4) is 0 Å². The fourth-order valence-corrected chi connectivity index (χ4v) is 7.90. The molecule has 6 rings (SSSR count). The van der Waals surface area contributed by atoms with Gasteiger partial charge in [-0.2, -0.15) is 0 Å². The quantitative estimate of drug-likeness (QED) is 0.615. The fourth-order valence-electron chi connectivity index (χ4n) is 6.12. The number of benzene rings is 2. The van der Waals surface area contributed by atoms with E-state index in [-0.39, 0.29) is 0 Å². The molecule has 4 fully saturated rings. The van der Waals surface area contributed by atoms with E-state index < -0.39 is 0 Å². The van der Waals surface area contributed by atoms with Crippen LogP contribution in [0.3, 0.4) is 0 Å². The Labute approximate surface area is 150 Å². The summed E-state index contributed by atoms with van der Waals surface area (Å²) in [4.78, 5) is 1.47. The Morgan fingerprint density at radius 3 is 1.92 bits per heavy atom. The maximum absolute atomic E-state index is 2.39. The van der Waals surface area contributed by atoms with Gasteiger partial charge < -0.3 is 0 Å². The molecule has 0 amide bonds. The van der Waals surface area contributed by atoms with Gasteiger partial charge in [0.15, 0.2) is 0 Å². The van der Waals surface area contributed by atoms with Crippen molar-refractivity contribution < 1.29 is 0 Å². The van der Waals surface area contributed by atoms with Crippen LogP contribution in [0.1, 0.15) is 50.0 Å². The minimum atomic E-state index is 0.418. The number of fused-ring (bicyclic) bond motifs is 1. The van der Waals surface area contributed by atoms with Gasteiger partial charge in [-0.3, -0.25) is 0 Å². The van der Waals surface area contributed by atoms with Crippen molar-refractivity contribution in [2.45, 2.75) is 54.1 Å². The number of thioether (sulfide) groups is 1. The minimum Gasteiger partial charge on any atom is -0.119 e. The Bertz CT molecular complexity index is 678. The molecule has 0 saturated heterocycles. The zero-order chi connectivity index (χ0) is 16.0. The van der Waals surface area contributed by atoms with E-state index in [1.807, 2.05) is 0 Å². The summed E-state index contributed by atoms with van der Waals surface area (Å²) in [6.07, 6.45) is 8.78. The first-order chi connectivity index (χ1) is 11.8. The topological polar surface area (TPSA) is 0 Å². The van der Waals surface area contributed by atoms with Crippen LogP contribution in [-0.2, 0) is 0 Å². The molecular formula is C23H26S. The van der Waals surface area contributed by atoms with Gasteiger partial charge in [0.25, 0.3) is 0 Å². The van der Waals surface area contributed by atoms with Gasteiger partial charge in [0.2, 0.25) is 0 Å². The average molecular weight is 335 g/mol. The van der Waals surface area contributed by atoms with Crippen LogP contribution in [-0.4, -0.2) is 4.75 Å². The molecule has 0 nitrogen and oxygen atoms in total. The first-order valence-corrected chi connectivity index (χ1v) is 10.4. The van der Waals surface area contributed by atoms with Crippen LogP contribution in [0.5, 0.6) is 0 Å². The second kappa shape index (κ2) is 5.95. The largest absolute Gasteiger partial charge is 0.119 e. The average Bonchev–Trinajstić information content (AvgIpc) is 2.77. The molecule has 1 heteroatoms. The lowest BCUT2D eigenvalue weighted by molar-refractivity contribution is 0.144. The molecule has 4 aliphatic carbocycles. The summed E-state index contributed by atoms with van der Waals surface area (Å²) < 4.78 is 0.418. The highest BCUT2D eigenvalue weighted by molar-refractivity contribution is 8.00. The third-order valence-electron chi connectivity index (χ3n) is 6.74. The lowest BCUT2D eigenvalue weighted by Gasteiger charge is -2.47. The van der Waals surface area contributed by atoms with Crippen molar-refractivity contribution in [1.29, 1.82) is 0 Å². The number of hydrogen-bond donors (Lipinski definition) is 0. The van der Waals surface area contributed by atoms with Crippen molar-refractivity contribution in [2.24, 2.45) is 17.8 Å². The molecular weight excluding hydrogens is 308 g/mol. The van der Waals surface area contributed by atoms with E-state index in [0.717, 1.165) is 23.7 Å². The molecule has 4 aliphatic rings. The fraction of sp³-hybridized carbons (Fsp3) is 0.478. The Morgan fingerprint density at radius 2 is 1.25 bits per heavy atom. The van der Waals surface area contributed by atoms with E-state index in [1.165, 1.54) is 43.4 Å². The summed E-state index contributed by atoms with van der Waals surface area (Å²) in [5.41, 5.74) is 1.59. The predicted molar refractivity (Wildman–Crippen MR) is 102 cm³/mol. The van der Waals surface area contributed by atoms with E-state index in [2.05, 4.69) is 72.4 Å². The standard InChI is InChI=1S/C23H26S/c1-3-7-20(8-4-1)22-14-17-11-18-13-19(12-17)16-23(22,15-18)24-21-9-5-2-6-10-21/h1-10,17-19,22H,11-16H2/t17?,18-,19+,22?,23?. The zero-order valence-electron chi connectivity index (χ0n) is 14.2. The lowest BCUT2D eigenvalue weighted by Crippen LogP contribution is -2.40. The van der Waals surface area contributed by atoms with Crippen LogP contribution in [0.4, 0.5) is 0 Å². The third kappa shape index (κ3) is 2.62. The molecule has 24 heavy (non-hydrogen) atoms. The van der Waals surface area contributed by atoms with Crippen molar-refractivity contribution >= 4 is 11.8 Å². The molecule has 5 atom stereocenters. The van der Waals surface area contributed by atoms with Gasteiger partial charge in [0.05, 0.1) is 0 Å². The Hall–Kier alpha value is -1.21. The SMILES string of the molecule is c1ccc(SC23C[C@@H]4CC(CC2c2ccccc2)C[C@@H](C4)C3)cc1. The Balaban J connectivity index is 1.58. The molecule has 0 heterocycles. The predicted octanol–water partition coefficient (Wildman–Crippen LogP) is 6.53. The second-order valence-electron chi connectivity index (χ2n) is 8.39. The van der Waals surface area contributed by atoms with Crippen LogP contribution in [0.15, 0.2) is 65.6 Å². The molecule has 0 N–H and O–H groups in total. The van der Waals surface area contributed by atoms with Crippen LogP contribution < -0.4 is 0 Å². The zero-order valence-corrected chi connectivity index (χ0v) is 15.1. The molecule has 3 unspecified atom stereocenters. The van der Waals surface area contributed by atoms with Crippen LogP contribution >= 0.6 is 11.8 Å². The molecule has 0 spiro atoms. The number of hydrogen-bond acceptors (Lipinski definition) is 1. The van der Waals surface area contributed by atoms with Gasteiger partial charge in [-0.1, -0.05) is 48.5 Å². The van der Waals surface area contributed by atoms with Crippen LogP contribution in [0.25, 0.3) is 0 Å². The highest BCUT2D eigenvalue weighted by Crippen LogP contribution is 2.63. The normalized spacial score (nSPS) is 37.3. The van der Waals surface area contributed by atoms with Crippen molar-refractivity contribution in [3.63, 3.8) is 0 Å². The first kappa shape index (κ1) is 15.1. The Morgan fingerprint density at radius 1 is 0.667 bits per heavy atom. The minimum absolute atomic E-state index is 0.418. The number of rotatable bonds is 3. The molecule has 0 aliphatic heterocycles. The monoisotopic (exact) mass is 334 g/mol. The van der Waals surface area contributed by atoms with E-state index >= 15 is 0 Å². The summed E-state index contributed by atoms with van der Waals surface area (Å²) >= 11 is 2.21. The van der Waals surface area contributed by atoms with E-state index in [1.54, 1.807) is 5.56 Å². The maximum atomic E-state index is 2.39. The summed E-state index contributed by atoms with van der Waals surface area (Å²) in [6, 6.07) is 22.6. The summed E-state index contributed by atoms with van der Waals surface area (Å²) in [5.74, 6) is 3.66. The summed E-state index contributed by atoms with van der Waals surface area (Å²) in [5, 5.41) is 0. The summed E-state index contributed by atoms with van der Waals surface area (Å²) in [7, 11) is 0. The van der Waals surface area contributed by atoms with Gasteiger partial charge in [-0.25, -0.2) is 0 Å². The maximum Gasteiger partial charge on any atom is 0.0281 e. The van der Waals surface area contributed by atoms with Gasteiger partial charge in [-0.15, -0.1) is 11.8 Å².